The fourth-order valence-corrected chi connectivity index (χ4v) is 3.91. The van der Waals surface area contributed by atoms with Gasteiger partial charge in [-0.2, -0.15) is 0 Å². The summed E-state index contributed by atoms with van der Waals surface area (Å²) in [6, 6.07) is 11.8. The van der Waals surface area contributed by atoms with Gasteiger partial charge >= 0.3 is 0 Å². The maximum absolute atomic E-state index is 12.9. The number of halogens is 2. The molecule has 2 aromatic carbocycles. The number of nitrogens with one attached hydrogen (secondary N) is 1. The third kappa shape index (κ3) is 4.76. The van der Waals surface area contributed by atoms with Crippen molar-refractivity contribution < 1.29 is 13.9 Å². The molecule has 3 rings (SSSR count). The summed E-state index contributed by atoms with van der Waals surface area (Å²) in [6.07, 6.45) is 4.65. The first-order valence-corrected chi connectivity index (χ1v) is 9.32. The lowest BCUT2D eigenvalue weighted by Crippen LogP contribution is -2.20. The molecule has 0 spiro atoms. The minimum absolute atomic E-state index is 0.00690. The van der Waals surface area contributed by atoms with Crippen LogP contribution in [0.4, 0.5) is 10.1 Å². The quantitative estimate of drug-likeness (QED) is 0.718. The van der Waals surface area contributed by atoms with E-state index in [4.69, 9.17) is 16.3 Å². The van der Waals surface area contributed by atoms with E-state index < -0.39 is 0 Å². The topological polar surface area (TPSA) is 38.3 Å². The van der Waals surface area contributed by atoms with Gasteiger partial charge in [0.2, 0.25) is 5.91 Å². The van der Waals surface area contributed by atoms with Crippen molar-refractivity contribution >= 4 is 23.2 Å². The van der Waals surface area contributed by atoms with Gasteiger partial charge in [-0.15, -0.1) is 0 Å². The number of carbonyl (C=O) groups is 1. The summed E-state index contributed by atoms with van der Waals surface area (Å²) in [5.41, 5.74) is 1.88. The molecule has 0 aliphatic heterocycles. The third-order valence-electron chi connectivity index (χ3n) is 5.10. The summed E-state index contributed by atoms with van der Waals surface area (Å²) in [4.78, 5) is 12.2. The van der Waals surface area contributed by atoms with Gasteiger partial charge in [0.25, 0.3) is 0 Å². The number of amides is 1. The number of ether oxygens (including phenoxy) is 1. The number of anilines is 1. The molecule has 1 aliphatic carbocycles. The van der Waals surface area contributed by atoms with E-state index in [0.29, 0.717) is 34.7 Å². The van der Waals surface area contributed by atoms with Crippen molar-refractivity contribution in [2.75, 3.05) is 12.4 Å². The van der Waals surface area contributed by atoms with E-state index in [1.54, 1.807) is 19.2 Å². The Kier molecular flexibility index (Phi) is 6.15. The number of carbonyl (C=O) groups excluding carboxylic acids is 1. The van der Waals surface area contributed by atoms with E-state index in [0.717, 1.165) is 25.7 Å². The molecule has 3 nitrogen and oxygen atoms in total. The molecule has 0 radical (unpaired) electrons. The molecular weight excluding hydrogens is 353 g/mol. The Morgan fingerprint density at radius 2 is 1.85 bits per heavy atom. The maximum atomic E-state index is 12.9. The highest BCUT2D eigenvalue weighted by Gasteiger charge is 2.24. The van der Waals surface area contributed by atoms with Crippen molar-refractivity contribution in [1.29, 1.82) is 0 Å². The predicted molar refractivity (Wildman–Crippen MR) is 102 cm³/mol. The van der Waals surface area contributed by atoms with Gasteiger partial charge in [-0.1, -0.05) is 17.7 Å². The number of hydrogen-bond donors (Lipinski definition) is 1. The molecule has 0 atom stereocenters. The zero-order valence-corrected chi connectivity index (χ0v) is 15.6. The normalized spacial score (nSPS) is 19.8. The van der Waals surface area contributed by atoms with E-state index in [1.165, 1.54) is 17.7 Å². The molecule has 0 saturated heterocycles. The molecule has 26 heavy (non-hydrogen) atoms. The Morgan fingerprint density at radius 3 is 2.46 bits per heavy atom. The van der Waals surface area contributed by atoms with Crippen LogP contribution in [0.2, 0.25) is 5.02 Å². The summed E-state index contributed by atoms with van der Waals surface area (Å²) < 4.78 is 18.1. The van der Waals surface area contributed by atoms with Gasteiger partial charge < -0.3 is 10.1 Å². The second kappa shape index (κ2) is 8.54. The second-order valence-electron chi connectivity index (χ2n) is 6.87. The van der Waals surface area contributed by atoms with Crippen LogP contribution >= 0.6 is 11.6 Å². The molecule has 138 valence electrons. The van der Waals surface area contributed by atoms with Crippen molar-refractivity contribution in [3.63, 3.8) is 0 Å². The summed E-state index contributed by atoms with van der Waals surface area (Å²) in [5.74, 6) is 1.25. The molecule has 1 N–H and O–H groups in total. The van der Waals surface area contributed by atoms with Crippen molar-refractivity contribution in [2.24, 2.45) is 5.92 Å². The lowest BCUT2D eigenvalue weighted by atomic mass is 9.77. The Bertz CT molecular complexity index is 755. The fraction of sp³-hybridized carbons (Fsp3) is 0.381. The predicted octanol–water partition coefficient (Wildman–Crippen LogP) is 5.79. The molecule has 1 aliphatic rings. The Labute approximate surface area is 158 Å². The molecule has 0 bridgehead atoms. The van der Waals surface area contributed by atoms with Crippen molar-refractivity contribution in [3.05, 3.63) is 58.9 Å². The largest absolute Gasteiger partial charge is 0.495 e. The van der Waals surface area contributed by atoms with Crippen molar-refractivity contribution in [3.8, 4) is 5.75 Å². The first-order chi connectivity index (χ1) is 12.5. The number of benzene rings is 2. The fourth-order valence-electron chi connectivity index (χ4n) is 3.64. The van der Waals surface area contributed by atoms with Crippen LogP contribution in [0.3, 0.4) is 0 Å². The maximum Gasteiger partial charge on any atom is 0.224 e. The zero-order valence-electron chi connectivity index (χ0n) is 14.8. The summed E-state index contributed by atoms with van der Waals surface area (Å²) in [5, 5.41) is 3.49. The minimum Gasteiger partial charge on any atom is -0.495 e. The molecule has 5 heteroatoms. The van der Waals surface area contributed by atoms with Gasteiger partial charge in [0.05, 0.1) is 12.1 Å². The van der Waals surface area contributed by atoms with Crippen LogP contribution in [-0.4, -0.2) is 13.0 Å². The van der Waals surface area contributed by atoms with Gasteiger partial charge in [0, 0.05) is 12.1 Å². The van der Waals surface area contributed by atoms with E-state index in [1.807, 2.05) is 12.1 Å². The van der Waals surface area contributed by atoms with Gasteiger partial charge in [-0.3, -0.25) is 4.79 Å². The molecule has 1 fully saturated rings. The molecular formula is C21H23ClFNO2. The molecule has 1 saturated carbocycles. The zero-order chi connectivity index (χ0) is 18.5. The van der Waals surface area contributed by atoms with Gasteiger partial charge in [-0.25, -0.2) is 4.39 Å². The van der Waals surface area contributed by atoms with E-state index in [-0.39, 0.29) is 11.7 Å². The third-order valence-corrected chi connectivity index (χ3v) is 5.39. The Balaban J connectivity index is 1.49. The van der Waals surface area contributed by atoms with Crippen LogP contribution in [0, 0.1) is 11.7 Å². The minimum atomic E-state index is -0.306. The van der Waals surface area contributed by atoms with Gasteiger partial charge in [-0.05, 0) is 79.5 Å². The number of rotatable bonds is 5. The van der Waals surface area contributed by atoms with E-state index in [2.05, 4.69) is 11.4 Å². The van der Waals surface area contributed by atoms with Crippen LogP contribution in [-0.2, 0) is 4.79 Å². The van der Waals surface area contributed by atoms with Crippen molar-refractivity contribution in [1.82, 2.24) is 0 Å². The average molecular weight is 376 g/mol. The van der Waals surface area contributed by atoms with E-state index >= 15 is 0 Å². The first-order valence-electron chi connectivity index (χ1n) is 8.94. The summed E-state index contributed by atoms with van der Waals surface area (Å²) in [7, 11) is 1.61. The number of hydrogen-bond acceptors (Lipinski definition) is 2. The highest BCUT2D eigenvalue weighted by Crippen LogP contribution is 2.39. The summed E-state index contributed by atoms with van der Waals surface area (Å²) >= 11 is 6.23. The Morgan fingerprint density at radius 1 is 1.15 bits per heavy atom. The highest BCUT2D eigenvalue weighted by molar-refractivity contribution is 6.32. The second-order valence-corrected chi connectivity index (χ2v) is 7.28. The summed E-state index contributed by atoms with van der Waals surface area (Å²) in [6.45, 7) is 0. The van der Waals surface area contributed by atoms with Crippen LogP contribution < -0.4 is 10.1 Å². The van der Waals surface area contributed by atoms with Gasteiger partial charge in [0.1, 0.15) is 11.6 Å². The highest BCUT2D eigenvalue weighted by atomic mass is 35.5. The molecule has 0 aromatic heterocycles. The molecule has 0 unspecified atom stereocenters. The SMILES string of the molecule is COc1ccc([C@H]2CC[C@@H](CC(=O)Nc3ccc(F)cc3)CC2)cc1Cl. The molecule has 1 amide bonds. The molecule has 0 heterocycles. The van der Waals surface area contributed by atoms with Gasteiger partial charge in [0.15, 0.2) is 0 Å². The average Bonchev–Trinajstić information content (AvgIpc) is 2.64. The van der Waals surface area contributed by atoms with Crippen LogP contribution in [0.5, 0.6) is 5.75 Å². The standard InChI is InChI=1S/C21H23ClFNO2/c1-26-20-11-6-16(13-19(20)22)15-4-2-14(3-5-15)12-21(25)24-18-9-7-17(23)8-10-18/h6-11,13-15H,2-5,12H2,1H3,(H,24,25)/t14-,15+. The smallest absolute Gasteiger partial charge is 0.224 e. The lowest BCUT2D eigenvalue weighted by molar-refractivity contribution is -0.117. The van der Waals surface area contributed by atoms with Crippen LogP contribution in [0.15, 0.2) is 42.5 Å². The van der Waals surface area contributed by atoms with Crippen LogP contribution in [0.1, 0.15) is 43.6 Å². The number of methoxy groups -OCH3 is 1. The monoisotopic (exact) mass is 375 g/mol. The van der Waals surface area contributed by atoms with Crippen molar-refractivity contribution in [2.45, 2.75) is 38.0 Å². The first kappa shape index (κ1) is 18.7. The van der Waals surface area contributed by atoms with Crippen LogP contribution in [0.25, 0.3) is 0 Å². The molecule has 2 aromatic rings. The van der Waals surface area contributed by atoms with E-state index in [9.17, 15) is 9.18 Å². The Hall–Kier alpha value is -2.07. The lowest BCUT2D eigenvalue weighted by Gasteiger charge is -2.28.